The minimum absolute atomic E-state index is 0.108. The van der Waals surface area contributed by atoms with Gasteiger partial charge in [-0.15, -0.1) is 10.2 Å². The van der Waals surface area contributed by atoms with E-state index in [4.69, 9.17) is 0 Å². The van der Waals surface area contributed by atoms with Gasteiger partial charge < -0.3 is 5.32 Å². The lowest BCUT2D eigenvalue weighted by Crippen LogP contribution is -2.47. The van der Waals surface area contributed by atoms with Crippen molar-refractivity contribution >= 4 is 28.3 Å². The van der Waals surface area contributed by atoms with Gasteiger partial charge in [0.15, 0.2) is 0 Å². The van der Waals surface area contributed by atoms with Gasteiger partial charge in [0.05, 0.1) is 5.56 Å². The lowest BCUT2D eigenvalue weighted by molar-refractivity contribution is -0.118. The Morgan fingerprint density at radius 3 is 2.38 bits per heavy atom. The van der Waals surface area contributed by atoms with E-state index in [1.807, 2.05) is 31.2 Å². The monoisotopic (exact) mass is 412 g/mol. The van der Waals surface area contributed by atoms with Crippen molar-refractivity contribution in [1.29, 1.82) is 0 Å². The Morgan fingerprint density at radius 2 is 1.72 bits per heavy atom. The van der Waals surface area contributed by atoms with Crippen molar-refractivity contribution < 1.29 is 14.0 Å². The predicted octanol–water partition coefficient (Wildman–Crippen LogP) is 4.05. The van der Waals surface area contributed by atoms with Crippen LogP contribution in [0.5, 0.6) is 0 Å². The Hall–Kier alpha value is -3.13. The highest BCUT2D eigenvalue weighted by Gasteiger charge is 2.26. The van der Waals surface area contributed by atoms with Crippen molar-refractivity contribution in [2.75, 3.05) is 5.32 Å². The molecule has 0 fully saturated rings. The maximum absolute atomic E-state index is 13.9. The quantitative estimate of drug-likeness (QED) is 0.640. The van der Waals surface area contributed by atoms with Crippen LogP contribution in [-0.4, -0.2) is 28.1 Å². The minimum Gasteiger partial charge on any atom is -0.340 e. The largest absolute Gasteiger partial charge is 0.340 e. The summed E-state index contributed by atoms with van der Waals surface area (Å²) in [6, 6.07) is 12.6. The fourth-order valence-corrected chi connectivity index (χ4v) is 3.42. The van der Waals surface area contributed by atoms with Gasteiger partial charge in [0.2, 0.25) is 11.0 Å². The molecular weight excluding hydrogens is 391 g/mol. The van der Waals surface area contributed by atoms with Gasteiger partial charge in [0, 0.05) is 5.56 Å². The van der Waals surface area contributed by atoms with Gasteiger partial charge in [-0.2, -0.15) is 0 Å². The van der Waals surface area contributed by atoms with E-state index in [9.17, 15) is 14.0 Å². The molecule has 1 aromatic heterocycles. The van der Waals surface area contributed by atoms with E-state index in [-0.39, 0.29) is 11.5 Å². The number of aromatic nitrogens is 2. The molecular formula is C21H21FN4O2S. The normalized spacial score (nSPS) is 11.9. The second-order valence-electron chi connectivity index (χ2n) is 6.94. The first kappa shape index (κ1) is 20.6. The summed E-state index contributed by atoms with van der Waals surface area (Å²) in [5.74, 6) is -1.93. The van der Waals surface area contributed by atoms with Crippen LogP contribution in [0.15, 0.2) is 48.5 Å². The Morgan fingerprint density at radius 1 is 1.03 bits per heavy atom. The van der Waals surface area contributed by atoms with E-state index < -0.39 is 23.7 Å². The van der Waals surface area contributed by atoms with Crippen molar-refractivity contribution in [3.05, 3.63) is 65.5 Å². The minimum atomic E-state index is -0.853. The molecule has 29 heavy (non-hydrogen) atoms. The van der Waals surface area contributed by atoms with Crippen molar-refractivity contribution in [2.45, 2.75) is 26.8 Å². The van der Waals surface area contributed by atoms with Crippen LogP contribution in [-0.2, 0) is 4.79 Å². The Bertz CT molecular complexity index is 1020. The zero-order valence-electron chi connectivity index (χ0n) is 16.3. The average Bonchev–Trinajstić information content (AvgIpc) is 3.14. The third-order valence-corrected chi connectivity index (χ3v) is 5.20. The van der Waals surface area contributed by atoms with Crippen LogP contribution in [0.1, 0.15) is 29.8 Å². The van der Waals surface area contributed by atoms with Gasteiger partial charge in [0.1, 0.15) is 16.9 Å². The molecule has 0 aliphatic carbocycles. The smallest absolute Gasteiger partial charge is 0.254 e. The van der Waals surface area contributed by atoms with Crippen LogP contribution in [0.25, 0.3) is 10.6 Å². The first-order valence-corrected chi connectivity index (χ1v) is 9.93. The Balaban J connectivity index is 1.71. The number of carbonyl (C=O) groups is 2. The second-order valence-corrected chi connectivity index (χ2v) is 7.92. The number of nitrogens with one attached hydrogen (secondary N) is 2. The summed E-state index contributed by atoms with van der Waals surface area (Å²) >= 11 is 1.24. The van der Waals surface area contributed by atoms with Crippen molar-refractivity contribution in [3.8, 4) is 10.6 Å². The van der Waals surface area contributed by atoms with Crippen molar-refractivity contribution in [2.24, 2.45) is 5.92 Å². The molecule has 1 heterocycles. The van der Waals surface area contributed by atoms with E-state index in [2.05, 4.69) is 20.8 Å². The third kappa shape index (κ3) is 5.03. The zero-order valence-corrected chi connectivity index (χ0v) is 17.1. The van der Waals surface area contributed by atoms with Crippen LogP contribution in [0.3, 0.4) is 0 Å². The van der Waals surface area contributed by atoms with Crippen molar-refractivity contribution in [1.82, 2.24) is 15.5 Å². The summed E-state index contributed by atoms with van der Waals surface area (Å²) in [5, 5.41) is 14.4. The number of anilines is 1. The molecule has 0 bridgehead atoms. The lowest BCUT2D eigenvalue weighted by atomic mass is 10.0. The summed E-state index contributed by atoms with van der Waals surface area (Å²) < 4.78 is 13.9. The highest BCUT2D eigenvalue weighted by atomic mass is 32.1. The molecule has 2 amide bonds. The topological polar surface area (TPSA) is 84.0 Å². The maximum atomic E-state index is 13.9. The molecule has 0 spiro atoms. The molecule has 150 valence electrons. The fourth-order valence-electron chi connectivity index (χ4n) is 2.67. The predicted molar refractivity (Wildman–Crippen MR) is 111 cm³/mol. The van der Waals surface area contributed by atoms with Crippen LogP contribution in [0, 0.1) is 18.7 Å². The highest BCUT2D eigenvalue weighted by Crippen LogP contribution is 2.26. The molecule has 1 atom stereocenters. The first-order chi connectivity index (χ1) is 13.8. The van der Waals surface area contributed by atoms with E-state index in [0.29, 0.717) is 10.1 Å². The van der Waals surface area contributed by atoms with Gasteiger partial charge in [-0.25, -0.2) is 4.39 Å². The number of aryl methyl sites for hydroxylation is 1. The number of halogens is 1. The van der Waals surface area contributed by atoms with Crippen LogP contribution >= 0.6 is 11.3 Å². The van der Waals surface area contributed by atoms with E-state index in [1.165, 1.54) is 29.5 Å². The molecule has 8 heteroatoms. The van der Waals surface area contributed by atoms with Crippen molar-refractivity contribution in [3.63, 3.8) is 0 Å². The van der Waals surface area contributed by atoms with Crippen LogP contribution in [0.2, 0.25) is 0 Å². The van der Waals surface area contributed by atoms with E-state index in [1.54, 1.807) is 19.9 Å². The van der Waals surface area contributed by atoms with Gasteiger partial charge in [0.25, 0.3) is 5.91 Å². The third-order valence-electron chi connectivity index (χ3n) is 4.31. The molecule has 0 aliphatic rings. The molecule has 3 rings (SSSR count). The number of benzene rings is 2. The molecule has 0 radical (unpaired) electrons. The second kappa shape index (κ2) is 8.91. The Kier molecular flexibility index (Phi) is 6.33. The molecule has 6 nitrogen and oxygen atoms in total. The number of hydrogen-bond donors (Lipinski definition) is 2. The molecule has 3 aromatic rings. The first-order valence-electron chi connectivity index (χ1n) is 9.12. The summed E-state index contributed by atoms with van der Waals surface area (Å²) in [7, 11) is 0. The number of amides is 2. The maximum Gasteiger partial charge on any atom is 0.254 e. The number of carbonyl (C=O) groups excluding carboxylic acids is 2. The number of hydrogen-bond acceptors (Lipinski definition) is 5. The summed E-state index contributed by atoms with van der Waals surface area (Å²) in [6.45, 7) is 5.59. The standard InChI is InChI=1S/C21H21FN4O2S/c1-12(2)17(23-18(27)15-6-4-5-7-16(15)22)19(28)24-21-26-25-20(29-21)14-10-8-13(3)9-11-14/h4-12,17H,1-3H3,(H,23,27)(H,24,26,28). The molecule has 0 saturated heterocycles. The summed E-state index contributed by atoms with van der Waals surface area (Å²) in [6.07, 6.45) is 0. The van der Waals surface area contributed by atoms with E-state index >= 15 is 0 Å². The molecule has 0 aliphatic heterocycles. The molecule has 0 saturated carbocycles. The lowest BCUT2D eigenvalue weighted by Gasteiger charge is -2.21. The van der Waals surface area contributed by atoms with Gasteiger partial charge in [-0.3, -0.25) is 14.9 Å². The van der Waals surface area contributed by atoms with Gasteiger partial charge in [-0.05, 0) is 25.0 Å². The van der Waals surface area contributed by atoms with Gasteiger partial charge >= 0.3 is 0 Å². The van der Waals surface area contributed by atoms with Crippen LogP contribution < -0.4 is 10.6 Å². The van der Waals surface area contributed by atoms with Crippen LogP contribution in [0.4, 0.5) is 9.52 Å². The fraction of sp³-hybridized carbons (Fsp3) is 0.238. The molecule has 1 unspecified atom stereocenters. The summed E-state index contributed by atoms with van der Waals surface area (Å²) in [5.41, 5.74) is 1.93. The van der Waals surface area contributed by atoms with Gasteiger partial charge in [-0.1, -0.05) is 67.1 Å². The molecule has 2 N–H and O–H groups in total. The van der Waals surface area contributed by atoms with E-state index in [0.717, 1.165) is 11.1 Å². The SMILES string of the molecule is Cc1ccc(-c2nnc(NC(=O)C(NC(=O)c3ccccc3F)C(C)C)s2)cc1. The average molecular weight is 412 g/mol. The number of nitrogens with zero attached hydrogens (tertiary/aromatic N) is 2. The highest BCUT2D eigenvalue weighted by molar-refractivity contribution is 7.18. The number of rotatable bonds is 6. The summed E-state index contributed by atoms with van der Waals surface area (Å²) in [4.78, 5) is 25.1. The Labute approximate surface area is 172 Å². The molecule has 2 aromatic carbocycles. The zero-order chi connectivity index (χ0) is 21.0.